The zero-order valence-corrected chi connectivity index (χ0v) is 10.9. The molecule has 0 radical (unpaired) electrons. The van der Waals surface area contributed by atoms with Crippen LogP contribution in [0.3, 0.4) is 0 Å². The van der Waals surface area contributed by atoms with Crippen LogP contribution >= 0.6 is 38.9 Å². The van der Waals surface area contributed by atoms with Gasteiger partial charge in [-0.15, -0.1) is 11.3 Å². The molecule has 0 aliphatic carbocycles. The summed E-state index contributed by atoms with van der Waals surface area (Å²) in [6, 6.07) is 7.65. The van der Waals surface area contributed by atoms with E-state index in [1.165, 1.54) is 0 Å². The van der Waals surface area contributed by atoms with Crippen molar-refractivity contribution in [2.45, 2.75) is 6.54 Å². The van der Waals surface area contributed by atoms with Crippen LogP contribution in [0.15, 0.2) is 28.9 Å². The van der Waals surface area contributed by atoms with E-state index in [2.05, 4.69) is 20.9 Å². The lowest BCUT2D eigenvalue weighted by molar-refractivity contribution is 1.08. The van der Waals surface area contributed by atoms with E-state index in [9.17, 15) is 0 Å². The molecule has 0 saturated carbocycles. The van der Waals surface area contributed by atoms with E-state index in [1.807, 2.05) is 24.3 Å². The zero-order chi connectivity index (χ0) is 10.8. The fourth-order valence-corrected chi connectivity index (χ4v) is 3.06. The van der Waals surface area contributed by atoms with Crippen LogP contribution in [-0.2, 0) is 6.54 Å². The van der Waals surface area contributed by atoms with Crippen LogP contribution in [0.4, 0.5) is 0 Å². The highest BCUT2D eigenvalue weighted by Crippen LogP contribution is 2.34. The number of benzene rings is 1. The monoisotopic (exact) mass is 302 g/mol. The maximum absolute atomic E-state index is 6.08. The quantitative estimate of drug-likeness (QED) is 0.919. The lowest BCUT2D eigenvalue weighted by Gasteiger charge is -1.97. The summed E-state index contributed by atoms with van der Waals surface area (Å²) in [7, 11) is 0. The number of hydrogen-bond acceptors (Lipinski definition) is 3. The highest BCUT2D eigenvalue weighted by Gasteiger charge is 2.11. The van der Waals surface area contributed by atoms with E-state index in [0.29, 0.717) is 11.6 Å². The van der Waals surface area contributed by atoms with Crippen molar-refractivity contribution >= 4 is 38.9 Å². The van der Waals surface area contributed by atoms with Crippen molar-refractivity contribution in [3.05, 3.63) is 38.8 Å². The summed E-state index contributed by atoms with van der Waals surface area (Å²) < 4.78 is 0.810. The smallest absolute Gasteiger partial charge is 0.126 e. The first-order valence-corrected chi connectivity index (χ1v) is 6.31. The van der Waals surface area contributed by atoms with Gasteiger partial charge in [0.05, 0.1) is 9.90 Å². The van der Waals surface area contributed by atoms with Crippen molar-refractivity contribution in [3.8, 4) is 10.6 Å². The average Bonchev–Trinajstić information content (AvgIpc) is 2.60. The van der Waals surface area contributed by atoms with Gasteiger partial charge in [-0.25, -0.2) is 4.98 Å². The van der Waals surface area contributed by atoms with Crippen molar-refractivity contribution < 1.29 is 0 Å². The first-order chi connectivity index (χ1) is 7.22. The maximum Gasteiger partial charge on any atom is 0.126 e. The van der Waals surface area contributed by atoms with Gasteiger partial charge >= 0.3 is 0 Å². The highest BCUT2D eigenvalue weighted by atomic mass is 79.9. The topological polar surface area (TPSA) is 38.9 Å². The number of thiazole rings is 1. The summed E-state index contributed by atoms with van der Waals surface area (Å²) in [5.74, 6) is 0. The average molecular weight is 304 g/mol. The Morgan fingerprint density at radius 3 is 2.73 bits per heavy atom. The normalized spacial score (nSPS) is 10.6. The Hall–Kier alpha value is -0.420. The van der Waals surface area contributed by atoms with Crippen LogP contribution in [0.2, 0.25) is 5.02 Å². The summed E-state index contributed by atoms with van der Waals surface area (Å²) >= 11 is 11.0. The van der Waals surface area contributed by atoms with E-state index < -0.39 is 0 Å². The van der Waals surface area contributed by atoms with Gasteiger partial charge in [-0.05, 0) is 22.0 Å². The van der Waals surface area contributed by atoms with Gasteiger partial charge < -0.3 is 5.73 Å². The molecule has 0 amide bonds. The van der Waals surface area contributed by atoms with Crippen LogP contribution in [-0.4, -0.2) is 4.98 Å². The number of hydrogen-bond donors (Lipinski definition) is 1. The molecule has 0 bridgehead atoms. The van der Waals surface area contributed by atoms with Crippen molar-refractivity contribution in [2.24, 2.45) is 5.73 Å². The first-order valence-electron chi connectivity index (χ1n) is 4.32. The van der Waals surface area contributed by atoms with Gasteiger partial charge in [0.2, 0.25) is 0 Å². The van der Waals surface area contributed by atoms with Crippen LogP contribution < -0.4 is 5.73 Å². The molecule has 0 atom stereocenters. The Balaban J connectivity index is 2.50. The standard InChI is InChI=1S/C10H8BrClN2S/c11-9-8(5-13)15-10(14-9)6-3-1-2-4-7(6)12/h1-4H,5,13H2. The van der Waals surface area contributed by atoms with E-state index >= 15 is 0 Å². The minimum Gasteiger partial charge on any atom is -0.326 e. The molecule has 0 aliphatic heterocycles. The second-order valence-electron chi connectivity index (χ2n) is 2.92. The molecule has 2 nitrogen and oxygen atoms in total. The third-order valence-corrected chi connectivity index (χ3v) is 4.30. The molecule has 5 heteroatoms. The molecule has 0 fully saturated rings. The maximum atomic E-state index is 6.08. The minimum atomic E-state index is 0.489. The summed E-state index contributed by atoms with van der Waals surface area (Å²) in [6.45, 7) is 0.489. The molecule has 2 rings (SSSR count). The number of nitrogens with zero attached hydrogens (tertiary/aromatic N) is 1. The molecule has 1 aromatic heterocycles. The molecular weight excluding hydrogens is 296 g/mol. The summed E-state index contributed by atoms with van der Waals surface area (Å²) in [5.41, 5.74) is 6.54. The molecule has 0 saturated heterocycles. The predicted octanol–water partition coefficient (Wildman–Crippen LogP) is 3.68. The van der Waals surface area contributed by atoms with E-state index in [-0.39, 0.29) is 0 Å². The van der Waals surface area contributed by atoms with Crippen LogP contribution in [0.25, 0.3) is 10.6 Å². The molecule has 15 heavy (non-hydrogen) atoms. The van der Waals surface area contributed by atoms with Crippen molar-refractivity contribution in [2.75, 3.05) is 0 Å². The fourth-order valence-electron chi connectivity index (χ4n) is 1.21. The van der Waals surface area contributed by atoms with Gasteiger partial charge in [0.25, 0.3) is 0 Å². The van der Waals surface area contributed by atoms with Crippen LogP contribution in [0.1, 0.15) is 4.88 Å². The summed E-state index contributed by atoms with van der Waals surface area (Å²) in [5, 5.41) is 1.61. The molecule has 1 heterocycles. The summed E-state index contributed by atoms with van der Waals surface area (Å²) in [6.07, 6.45) is 0. The second-order valence-corrected chi connectivity index (χ2v) is 5.16. The fraction of sp³-hybridized carbons (Fsp3) is 0.100. The number of rotatable bonds is 2. The number of halogens is 2. The third-order valence-electron chi connectivity index (χ3n) is 1.94. The van der Waals surface area contributed by atoms with E-state index in [0.717, 1.165) is 20.1 Å². The lowest BCUT2D eigenvalue weighted by Crippen LogP contribution is -1.92. The molecule has 0 spiro atoms. The first kappa shape index (κ1) is 11.1. The van der Waals surface area contributed by atoms with E-state index in [4.69, 9.17) is 17.3 Å². The van der Waals surface area contributed by atoms with Gasteiger partial charge in [-0.1, -0.05) is 29.8 Å². The van der Waals surface area contributed by atoms with E-state index in [1.54, 1.807) is 11.3 Å². The molecule has 78 valence electrons. The Bertz CT molecular complexity index is 484. The van der Waals surface area contributed by atoms with Crippen molar-refractivity contribution in [1.29, 1.82) is 0 Å². The number of aromatic nitrogens is 1. The van der Waals surface area contributed by atoms with Crippen LogP contribution in [0.5, 0.6) is 0 Å². The molecule has 1 aromatic carbocycles. The molecule has 2 N–H and O–H groups in total. The van der Waals surface area contributed by atoms with Gasteiger partial charge in [0.1, 0.15) is 9.61 Å². The predicted molar refractivity (Wildman–Crippen MR) is 68.2 cm³/mol. The zero-order valence-electron chi connectivity index (χ0n) is 7.71. The lowest BCUT2D eigenvalue weighted by atomic mass is 10.2. The van der Waals surface area contributed by atoms with Crippen LogP contribution in [0, 0.1) is 0 Å². The Morgan fingerprint density at radius 1 is 1.40 bits per heavy atom. The largest absolute Gasteiger partial charge is 0.326 e. The molecule has 2 aromatic rings. The van der Waals surface area contributed by atoms with Gasteiger partial charge in [0.15, 0.2) is 0 Å². The van der Waals surface area contributed by atoms with Gasteiger partial charge in [0, 0.05) is 12.1 Å². The van der Waals surface area contributed by atoms with Gasteiger partial charge in [-0.3, -0.25) is 0 Å². The molecule has 0 aliphatic rings. The Morgan fingerprint density at radius 2 is 2.13 bits per heavy atom. The third kappa shape index (κ3) is 2.23. The molecule has 0 unspecified atom stereocenters. The Labute approximate surface area is 105 Å². The minimum absolute atomic E-state index is 0.489. The second kappa shape index (κ2) is 4.61. The summed E-state index contributed by atoms with van der Waals surface area (Å²) in [4.78, 5) is 5.42. The van der Waals surface area contributed by atoms with Gasteiger partial charge in [-0.2, -0.15) is 0 Å². The van der Waals surface area contributed by atoms with Crippen molar-refractivity contribution in [3.63, 3.8) is 0 Å². The molecular formula is C10H8BrClN2S. The number of nitrogens with two attached hydrogens (primary N) is 1. The Kier molecular flexibility index (Phi) is 3.41. The van der Waals surface area contributed by atoms with Crippen molar-refractivity contribution in [1.82, 2.24) is 4.98 Å². The SMILES string of the molecule is NCc1sc(-c2ccccc2Cl)nc1Br. The highest BCUT2D eigenvalue weighted by molar-refractivity contribution is 9.10.